The molecule has 0 heterocycles. The Morgan fingerprint density at radius 2 is 1.21 bits per heavy atom. The molecule has 0 aliphatic carbocycles. The van der Waals surface area contributed by atoms with Crippen molar-refractivity contribution in [3.8, 4) is 0 Å². The fourth-order valence-electron chi connectivity index (χ4n) is 4.94. The first-order valence-corrected chi connectivity index (χ1v) is 22.2. The van der Waals surface area contributed by atoms with Gasteiger partial charge in [-0.1, -0.05) is 137 Å². The lowest BCUT2D eigenvalue weighted by Crippen LogP contribution is -2.34. The van der Waals surface area contributed by atoms with Gasteiger partial charge in [-0.25, -0.2) is 4.57 Å². The molecule has 0 rings (SSSR count). The second-order valence-electron chi connectivity index (χ2n) is 13.6. The summed E-state index contributed by atoms with van der Waals surface area (Å²) in [5.74, 6) is -2.52. The van der Waals surface area contributed by atoms with Crippen molar-refractivity contribution in [1.29, 1.82) is 0 Å². The minimum atomic E-state index is -4.75. The van der Waals surface area contributed by atoms with Crippen LogP contribution in [0.2, 0.25) is 0 Å². The number of phosphoric acid groups is 1. The van der Waals surface area contributed by atoms with E-state index in [9.17, 15) is 28.9 Å². The minimum Gasteiger partial charge on any atom is -0.480 e. The normalized spacial score (nSPS) is 15.2. The monoisotopic (exact) mass is 821 g/mol. The van der Waals surface area contributed by atoms with Crippen molar-refractivity contribution in [1.82, 2.24) is 0 Å². The van der Waals surface area contributed by atoms with Gasteiger partial charge in [0.25, 0.3) is 0 Å². The van der Waals surface area contributed by atoms with Crippen LogP contribution in [-0.4, -0.2) is 71.1 Å². The van der Waals surface area contributed by atoms with Crippen LogP contribution in [0.4, 0.5) is 0 Å². The smallest absolute Gasteiger partial charge is 0.472 e. The summed E-state index contributed by atoms with van der Waals surface area (Å²) in [6.45, 7) is 2.46. The number of unbranched alkanes of at least 4 members (excludes halogenated alkanes) is 8. The van der Waals surface area contributed by atoms with Gasteiger partial charge in [0, 0.05) is 12.8 Å². The van der Waals surface area contributed by atoms with Gasteiger partial charge in [-0.3, -0.25) is 23.4 Å². The molecule has 0 aromatic carbocycles. The Bertz CT molecular complexity index is 1300. The molecule has 324 valence electrons. The lowest BCUT2D eigenvalue weighted by atomic mass is 10.1. The van der Waals surface area contributed by atoms with Crippen molar-refractivity contribution in [3.63, 3.8) is 0 Å². The van der Waals surface area contributed by atoms with Crippen molar-refractivity contribution in [2.24, 2.45) is 5.73 Å². The maximum atomic E-state index is 12.6. The van der Waals surface area contributed by atoms with Gasteiger partial charge >= 0.3 is 25.7 Å². The number of nitrogens with two attached hydrogens (primary N) is 1. The Morgan fingerprint density at radius 3 is 1.86 bits per heavy atom. The van der Waals surface area contributed by atoms with Crippen LogP contribution in [0.1, 0.15) is 136 Å². The third-order valence-electron chi connectivity index (χ3n) is 8.23. The fourth-order valence-corrected chi connectivity index (χ4v) is 5.72. The Labute approximate surface area is 342 Å². The van der Waals surface area contributed by atoms with Crippen molar-refractivity contribution in [2.45, 2.75) is 154 Å². The molecule has 0 bridgehead atoms. The van der Waals surface area contributed by atoms with E-state index in [1.165, 1.54) is 0 Å². The minimum absolute atomic E-state index is 0.116. The summed E-state index contributed by atoms with van der Waals surface area (Å²) in [5, 5.41) is 18.8. The summed E-state index contributed by atoms with van der Waals surface area (Å²) in [6, 6.07) is -1.54. The summed E-state index contributed by atoms with van der Waals surface area (Å²) in [5.41, 5.74) is 5.32. The molecule has 0 aromatic heterocycles. The van der Waals surface area contributed by atoms with Gasteiger partial charge in [0.1, 0.15) is 12.6 Å². The molecule has 0 aliphatic rings. The fraction of sp³-hybridized carbons (Fsp3) is 0.614. The Hall–Kier alpha value is -3.38. The van der Waals surface area contributed by atoms with Gasteiger partial charge in [0.15, 0.2) is 6.10 Å². The van der Waals surface area contributed by atoms with Crippen LogP contribution in [0.25, 0.3) is 0 Å². The number of phosphoric ester groups is 1. The van der Waals surface area contributed by atoms with Crippen LogP contribution in [0.3, 0.4) is 0 Å². The number of esters is 2. The molecule has 4 atom stereocenters. The lowest BCUT2D eigenvalue weighted by molar-refractivity contribution is -0.161. The number of aliphatic hydroxyl groups excluding tert-OH is 1. The van der Waals surface area contributed by atoms with E-state index in [2.05, 4.69) is 60.9 Å². The zero-order valence-corrected chi connectivity index (χ0v) is 35.4. The summed E-state index contributed by atoms with van der Waals surface area (Å²) >= 11 is 0. The Kier molecular flexibility index (Phi) is 35.9. The van der Waals surface area contributed by atoms with Crippen molar-refractivity contribution in [2.75, 3.05) is 19.8 Å². The number of rotatable bonds is 37. The summed E-state index contributed by atoms with van der Waals surface area (Å²) in [7, 11) is -4.75. The van der Waals surface area contributed by atoms with E-state index in [4.69, 9.17) is 24.8 Å². The van der Waals surface area contributed by atoms with Crippen LogP contribution in [0, 0.1) is 0 Å². The number of aliphatic carboxylic acids is 1. The summed E-state index contributed by atoms with van der Waals surface area (Å²) in [6.07, 6.45) is 42.7. The number of carboxylic acids is 1. The van der Waals surface area contributed by atoms with E-state index in [-0.39, 0.29) is 12.8 Å². The van der Waals surface area contributed by atoms with E-state index in [1.807, 2.05) is 42.5 Å². The predicted molar refractivity (Wildman–Crippen MR) is 227 cm³/mol. The van der Waals surface area contributed by atoms with Crippen LogP contribution >= 0.6 is 7.82 Å². The average Bonchev–Trinajstić information content (AvgIpc) is 3.18. The molecule has 12 nitrogen and oxygen atoms in total. The van der Waals surface area contributed by atoms with Crippen LogP contribution in [-0.2, 0) is 37.5 Å². The lowest BCUT2D eigenvalue weighted by Gasteiger charge is -2.20. The van der Waals surface area contributed by atoms with Gasteiger partial charge in [-0.05, 0) is 70.6 Å². The van der Waals surface area contributed by atoms with Gasteiger partial charge < -0.3 is 30.3 Å². The van der Waals surface area contributed by atoms with Crippen molar-refractivity contribution < 1.29 is 52.6 Å². The molecule has 0 spiro atoms. The first-order valence-electron chi connectivity index (χ1n) is 20.7. The molecular formula is C44H72NO11P. The largest absolute Gasteiger partial charge is 0.480 e. The van der Waals surface area contributed by atoms with Crippen molar-refractivity contribution in [3.05, 3.63) is 85.1 Å². The molecule has 5 N–H and O–H groups in total. The van der Waals surface area contributed by atoms with E-state index in [0.717, 1.165) is 89.9 Å². The molecule has 0 amide bonds. The van der Waals surface area contributed by atoms with E-state index in [1.54, 1.807) is 0 Å². The molecule has 0 saturated carbocycles. The molecule has 0 radical (unpaired) electrons. The third-order valence-corrected chi connectivity index (χ3v) is 9.18. The van der Waals surface area contributed by atoms with E-state index in [0.29, 0.717) is 19.3 Å². The third kappa shape index (κ3) is 37.9. The molecule has 13 heteroatoms. The molecule has 0 fully saturated rings. The van der Waals surface area contributed by atoms with Crippen LogP contribution in [0.15, 0.2) is 85.1 Å². The summed E-state index contributed by atoms with van der Waals surface area (Å²) < 4.78 is 32.5. The molecule has 57 heavy (non-hydrogen) atoms. The molecule has 0 aliphatic heterocycles. The van der Waals surface area contributed by atoms with Crippen molar-refractivity contribution >= 4 is 25.7 Å². The Morgan fingerprint density at radius 1 is 0.649 bits per heavy atom. The van der Waals surface area contributed by atoms with Crippen LogP contribution in [0.5, 0.6) is 0 Å². The van der Waals surface area contributed by atoms with Gasteiger partial charge in [0.05, 0.1) is 19.3 Å². The maximum Gasteiger partial charge on any atom is 0.472 e. The predicted octanol–water partition coefficient (Wildman–Crippen LogP) is 9.69. The number of hydrogen-bond acceptors (Lipinski definition) is 10. The topological polar surface area (TPSA) is 192 Å². The van der Waals surface area contributed by atoms with Gasteiger partial charge in [0.2, 0.25) is 0 Å². The van der Waals surface area contributed by atoms with Crippen LogP contribution < -0.4 is 5.73 Å². The highest BCUT2D eigenvalue weighted by molar-refractivity contribution is 7.47. The quantitative estimate of drug-likeness (QED) is 0.0153. The number of ether oxygens (including phenoxy) is 2. The summed E-state index contributed by atoms with van der Waals surface area (Å²) in [4.78, 5) is 45.9. The highest BCUT2D eigenvalue weighted by atomic mass is 31.2. The SMILES string of the molecule is CC/C=C\C/C=C\C/C=C\CCCCCCCC(=O)O[C@H](COC(=O)CCC/C=C\C/C=C\C/C=C\C=C\[C@H](O)CCCCC)COP(=O)(O)OC[C@H](N)C(=O)O. The molecule has 0 aromatic rings. The van der Waals surface area contributed by atoms with E-state index < -0.39 is 63.8 Å². The first-order chi connectivity index (χ1) is 27.5. The molecular weight excluding hydrogens is 749 g/mol. The number of allylic oxidation sites excluding steroid dienone is 13. The standard InChI is InChI=1S/C44H72NO11P/c1-3-5-7-8-9-10-11-12-13-14-17-21-24-27-31-35-43(48)56-40(37-54-57(51,52)55-38-41(45)44(49)50)36-53-42(47)34-30-26-23-20-18-15-16-19-22-25-29-33-39(46)32-28-6-4-2/h5,7,9-10,12-13,15-16,20,22-23,25,29,33,39-41,46H,3-4,6,8,11,14,17-19,21,24,26-28,30-32,34-38,45H2,1-2H3,(H,49,50)(H,51,52)/b7-5-,10-9-,13-12-,16-15-,23-20-,25-22-,33-29+/t39-,40-,41+/m1/s1. The maximum absolute atomic E-state index is 12.6. The van der Waals surface area contributed by atoms with Gasteiger partial charge in [-0.2, -0.15) is 0 Å². The Balaban J connectivity index is 4.57. The second-order valence-corrected chi connectivity index (χ2v) is 15.0. The highest BCUT2D eigenvalue weighted by Crippen LogP contribution is 2.43. The number of aliphatic hydroxyl groups is 1. The van der Waals surface area contributed by atoms with Gasteiger partial charge in [-0.15, -0.1) is 0 Å². The second kappa shape index (κ2) is 38.2. The zero-order valence-electron chi connectivity index (χ0n) is 34.5. The molecule has 0 saturated heterocycles. The average molecular weight is 822 g/mol. The van der Waals surface area contributed by atoms with E-state index >= 15 is 0 Å². The number of carboxylic acid groups (broad SMARTS) is 1. The number of carbonyl (C=O) groups excluding carboxylic acids is 2. The molecule has 1 unspecified atom stereocenters. The highest BCUT2D eigenvalue weighted by Gasteiger charge is 2.28. The first kappa shape index (κ1) is 53.6. The number of carbonyl (C=O) groups is 3. The number of hydrogen-bond donors (Lipinski definition) is 4. The zero-order chi connectivity index (χ0) is 42.2.